The lowest BCUT2D eigenvalue weighted by atomic mass is 9.82. The quantitative estimate of drug-likeness (QED) is 0.840. The minimum absolute atomic E-state index is 0.600. The molecule has 0 bridgehead atoms. The molecule has 0 radical (unpaired) electrons. The molecule has 102 valence electrons. The second-order valence-corrected chi connectivity index (χ2v) is 5.53. The van der Waals surface area contributed by atoms with Gasteiger partial charge in [0.1, 0.15) is 5.82 Å². The summed E-state index contributed by atoms with van der Waals surface area (Å²) < 4.78 is 2.31. The van der Waals surface area contributed by atoms with Crippen LogP contribution in [-0.4, -0.2) is 22.6 Å². The third-order valence-corrected chi connectivity index (χ3v) is 4.26. The van der Waals surface area contributed by atoms with Gasteiger partial charge in [-0.05, 0) is 32.2 Å². The van der Waals surface area contributed by atoms with Crippen LogP contribution in [0.1, 0.15) is 51.3 Å². The molecule has 0 aromatic carbocycles. The van der Waals surface area contributed by atoms with Gasteiger partial charge in [0.15, 0.2) is 0 Å². The highest BCUT2D eigenvalue weighted by atomic mass is 15.1. The van der Waals surface area contributed by atoms with Gasteiger partial charge in [-0.2, -0.15) is 0 Å². The first-order valence-corrected chi connectivity index (χ1v) is 7.52. The molecule has 1 aromatic rings. The molecule has 1 unspecified atom stereocenters. The summed E-state index contributed by atoms with van der Waals surface area (Å²) in [7, 11) is 2.10. The highest BCUT2D eigenvalue weighted by Crippen LogP contribution is 2.27. The van der Waals surface area contributed by atoms with Crippen molar-refractivity contribution in [3.8, 4) is 0 Å². The molecule has 0 aliphatic heterocycles. The molecular formula is C15H27N3. The summed E-state index contributed by atoms with van der Waals surface area (Å²) in [5, 5.41) is 3.53. The van der Waals surface area contributed by atoms with Crippen LogP contribution in [0, 0.1) is 5.92 Å². The zero-order valence-electron chi connectivity index (χ0n) is 11.9. The molecule has 1 saturated carbocycles. The number of nitrogens with zero attached hydrogens (tertiary/aromatic N) is 2. The van der Waals surface area contributed by atoms with E-state index in [2.05, 4.69) is 35.0 Å². The largest absolute Gasteiger partial charge is 0.335 e. The molecule has 1 N–H and O–H groups in total. The van der Waals surface area contributed by atoms with Crippen LogP contribution in [0.3, 0.4) is 0 Å². The highest BCUT2D eigenvalue weighted by Gasteiger charge is 2.23. The number of rotatable bonds is 6. The minimum Gasteiger partial charge on any atom is -0.335 e. The van der Waals surface area contributed by atoms with E-state index >= 15 is 0 Å². The van der Waals surface area contributed by atoms with Crippen LogP contribution in [0.15, 0.2) is 12.4 Å². The van der Waals surface area contributed by atoms with Crippen molar-refractivity contribution in [3.63, 3.8) is 0 Å². The van der Waals surface area contributed by atoms with Crippen molar-refractivity contribution in [2.45, 2.75) is 64.5 Å². The maximum Gasteiger partial charge on any atom is 0.110 e. The van der Waals surface area contributed by atoms with Gasteiger partial charge in [-0.25, -0.2) is 4.98 Å². The van der Waals surface area contributed by atoms with Crippen LogP contribution >= 0.6 is 0 Å². The Morgan fingerprint density at radius 2 is 2.17 bits per heavy atom. The van der Waals surface area contributed by atoms with Crippen molar-refractivity contribution in [2.24, 2.45) is 5.92 Å². The molecule has 1 aliphatic carbocycles. The lowest BCUT2D eigenvalue weighted by molar-refractivity contribution is 0.273. The summed E-state index contributed by atoms with van der Waals surface area (Å²) in [5.41, 5.74) is 0. The summed E-state index contributed by atoms with van der Waals surface area (Å²) in [6.45, 7) is 3.32. The Morgan fingerprint density at radius 3 is 2.83 bits per heavy atom. The van der Waals surface area contributed by atoms with Gasteiger partial charge in [-0.15, -0.1) is 0 Å². The molecule has 3 heteroatoms. The third-order valence-electron chi connectivity index (χ3n) is 4.26. The van der Waals surface area contributed by atoms with E-state index in [1.165, 1.54) is 44.3 Å². The molecule has 1 aromatic heterocycles. The van der Waals surface area contributed by atoms with E-state index in [0.717, 1.165) is 18.9 Å². The number of aryl methyl sites for hydroxylation is 1. The fraction of sp³-hybridized carbons (Fsp3) is 0.800. The first kappa shape index (κ1) is 13.6. The van der Waals surface area contributed by atoms with Crippen molar-refractivity contribution < 1.29 is 0 Å². The second-order valence-electron chi connectivity index (χ2n) is 5.53. The van der Waals surface area contributed by atoms with Gasteiger partial charge in [0, 0.05) is 31.4 Å². The van der Waals surface area contributed by atoms with E-state index in [0.29, 0.717) is 6.04 Å². The van der Waals surface area contributed by atoms with Gasteiger partial charge in [-0.3, -0.25) is 0 Å². The lowest BCUT2D eigenvalue weighted by Gasteiger charge is -2.30. The van der Waals surface area contributed by atoms with E-state index in [9.17, 15) is 0 Å². The second kappa shape index (κ2) is 6.93. The monoisotopic (exact) mass is 249 g/mol. The molecule has 0 saturated heterocycles. The van der Waals surface area contributed by atoms with Crippen LogP contribution in [-0.2, 0) is 13.0 Å². The summed E-state index contributed by atoms with van der Waals surface area (Å²) in [4.78, 5) is 4.54. The summed E-state index contributed by atoms with van der Waals surface area (Å²) >= 11 is 0. The molecule has 18 heavy (non-hydrogen) atoms. The fourth-order valence-corrected chi connectivity index (χ4v) is 3.21. The molecule has 1 atom stereocenters. The average Bonchev–Trinajstić information content (AvgIpc) is 2.85. The Hall–Kier alpha value is -0.830. The van der Waals surface area contributed by atoms with Gasteiger partial charge < -0.3 is 9.88 Å². The number of likely N-dealkylation sites (N-methyl/N-ethyl adjacent to an activating group) is 1. The van der Waals surface area contributed by atoms with E-state index in [4.69, 9.17) is 0 Å². The van der Waals surface area contributed by atoms with E-state index < -0.39 is 0 Å². The van der Waals surface area contributed by atoms with Gasteiger partial charge in [-0.1, -0.05) is 26.2 Å². The number of hydrogen-bond donors (Lipinski definition) is 1. The van der Waals surface area contributed by atoms with E-state index in [1.54, 1.807) is 0 Å². The number of imidazole rings is 1. The van der Waals surface area contributed by atoms with Gasteiger partial charge in [0.25, 0.3) is 0 Å². The van der Waals surface area contributed by atoms with E-state index in [-0.39, 0.29) is 0 Å². The molecule has 2 rings (SSSR count). The normalized spacial score (nSPS) is 19.0. The maximum atomic E-state index is 4.54. The summed E-state index contributed by atoms with van der Waals surface area (Å²) in [6, 6.07) is 0.600. The van der Waals surface area contributed by atoms with Gasteiger partial charge >= 0.3 is 0 Å². The van der Waals surface area contributed by atoms with Gasteiger partial charge in [0.2, 0.25) is 0 Å². The first-order chi connectivity index (χ1) is 8.85. The Labute approximate surface area is 111 Å². The van der Waals surface area contributed by atoms with Crippen molar-refractivity contribution in [3.05, 3.63) is 18.2 Å². The Bertz CT molecular complexity index is 339. The van der Waals surface area contributed by atoms with Crippen LogP contribution in [0.2, 0.25) is 0 Å². The minimum atomic E-state index is 0.600. The number of hydrogen-bond acceptors (Lipinski definition) is 2. The van der Waals surface area contributed by atoms with Crippen LogP contribution in [0.4, 0.5) is 0 Å². The van der Waals surface area contributed by atoms with Crippen molar-refractivity contribution in [1.29, 1.82) is 0 Å². The number of nitrogens with one attached hydrogen (secondary N) is 1. The molecule has 1 heterocycles. The summed E-state index contributed by atoms with van der Waals surface area (Å²) in [5.74, 6) is 2.09. The molecule has 1 fully saturated rings. The molecular weight excluding hydrogens is 222 g/mol. The summed E-state index contributed by atoms with van der Waals surface area (Å²) in [6.07, 6.45) is 13.3. The Morgan fingerprint density at radius 1 is 1.39 bits per heavy atom. The van der Waals surface area contributed by atoms with Crippen LogP contribution in [0.5, 0.6) is 0 Å². The Kier molecular flexibility index (Phi) is 5.24. The fourth-order valence-electron chi connectivity index (χ4n) is 3.21. The highest BCUT2D eigenvalue weighted by molar-refractivity contribution is 4.97. The van der Waals surface area contributed by atoms with Crippen LogP contribution < -0.4 is 5.32 Å². The van der Waals surface area contributed by atoms with Crippen molar-refractivity contribution in [2.75, 3.05) is 7.05 Å². The third kappa shape index (κ3) is 3.35. The molecule has 0 amide bonds. The molecule has 0 spiro atoms. The smallest absolute Gasteiger partial charge is 0.110 e. The van der Waals surface area contributed by atoms with Crippen molar-refractivity contribution in [1.82, 2.24) is 14.9 Å². The Balaban J connectivity index is 1.98. The predicted octanol–water partition coefficient (Wildman–Crippen LogP) is 3.00. The maximum absolute atomic E-state index is 4.54. The van der Waals surface area contributed by atoms with E-state index in [1.807, 2.05) is 6.20 Å². The zero-order chi connectivity index (χ0) is 12.8. The van der Waals surface area contributed by atoms with Crippen molar-refractivity contribution >= 4 is 0 Å². The first-order valence-electron chi connectivity index (χ1n) is 7.52. The van der Waals surface area contributed by atoms with Crippen LogP contribution in [0.25, 0.3) is 0 Å². The average molecular weight is 249 g/mol. The predicted molar refractivity (Wildman–Crippen MR) is 75.6 cm³/mol. The SMILES string of the molecule is CCCn1ccnc1CC(NC)C1CCCCC1. The molecule has 1 aliphatic rings. The molecule has 3 nitrogen and oxygen atoms in total. The lowest BCUT2D eigenvalue weighted by Crippen LogP contribution is -2.37. The zero-order valence-corrected chi connectivity index (χ0v) is 11.9. The standard InChI is InChI=1S/C15H27N3/c1-3-10-18-11-9-17-15(18)12-14(16-2)13-7-5-4-6-8-13/h9,11,13-14,16H,3-8,10,12H2,1-2H3. The topological polar surface area (TPSA) is 29.9 Å². The van der Waals surface area contributed by atoms with Gasteiger partial charge in [0.05, 0.1) is 0 Å². The number of aromatic nitrogens is 2.